The number of aliphatic hydroxyl groups is 1. The lowest BCUT2D eigenvalue weighted by molar-refractivity contribution is -0.117. The largest absolute Gasteiger partial charge is 0.377 e. The summed E-state index contributed by atoms with van der Waals surface area (Å²) in [6.45, 7) is 13.2. The van der Waals surface area contributed by atoms with Crippen molar-refractivity contribution >= 4 is 11.5 Å². The van der Waals surface area contributed by atoms with E-state index in [0.29, 0.717) is 47.8 Å². The molecule has 3 nitrogen and oxygen atoms in total. The van der Waals surface area contributed by atoms with Crippen molar-refractivity contribution in [3.63, 3.8) is 0 Å². The highest BCUT2D eigenvalue weighted by atomic mass is 16.3. The van der Waals surface area contributed by atoms with Crippen LogP contribution in [0.2, 0.25) is 0 Å². The predicted molar refractivity (Wildman–Crippen MR) is 152 cm³/mol. The minimum atomic E-state index is -0.940. The number of allylic oxidation sites excluding steroid dienone is 1. The molecule has 1 aromatic carbocycles. The monoisotopic (exact) mass is 501 g/mol. The van der Waals surface area contributed by atoms with Crippen molar-refractivity contribution in [3.8, 4) is 11.8 Å². The van der Waals surface area contributed by atoms with Crippen molar-refractivity contribution in [2.24, 2.45) is 34.5 Å². The maximum atomic E-state index is 12.3. The molecule has 0 bridgehead atoms. The third kappa shape index (κ3) is 4.58. The Kier molecular flexibility index (Phi) is 6.68. The first-order valence-electron chi connectivity index (χ1n) is 14.7. The molecule has 3 saturated carbocycles. The summed E-state index contributed by atoms with van der Waals surface area (Å²) >= 11 is 0. The van der Waals surface area contributed by atoms with Crippen LogP contribution in [0.3, 0.4) is 0 Å². The zero-order valence-corrected chi connectivity index (χ0v) is 24.1. The summed E-state index contributed by atoms with van der Waals surface area (Å²) in [7, 11) is 2.16. The molecular weight excluding hydrogens is 454 g/mol. The maximum absolute atomic E-state index is 12.3. The van der Waals surface area contributed by atoms with Gasteiger partial charge in [0.25, 0.3) is 0 Å². The second-order valence-corrected chi connectivity index (χ2v) is 14.1. The van der Waals surface area contributed by atoms with Crippen LogP contribution < -0.4 is 4.90 Å². The molecule has 7 atom stereocenters. The minimum Gasteiger partial charge on any atom is -0.377 e. The minimum absolute atomic E-state index is 0.127. The molecule has 0 aliphatic heterocycles. The van der Waals surface area contributed by atoms with Crippen LogP contribution in [0.1, 0.15) is 98.0 Å². The lowest BCUT2D eigenvalue weighted by atomic mass is 9.46. The lowest BCUT2D eigenvalue weighted by Gasteiger charge is -2.58. The zero-order chi connectivity index (χ0) is 26.8. The summed E-state index contributed by atoms with van der Waals surface area (Å²) in [5.74, 6) is 9.64. The summed E-state index contributed by atoms with van der Waals surface area (Å²) in [5.41, 5.74) is 2.75. The molecule has 0 aromatic heterocycles. The van der Waals surface area contributed by atoms with Gasteiger partial charge in [0.1, 0.15) is 5.60 Å². The fourth-order valence-electron chi connectivity index (χ4n) is 8.40. The lowest BCUT2D eigenvalue weighted by Crippen LogP contribution is -2.54. The summed E-state index contributed by atoms with van der Waals surface area (Å²) in [6.07, 6.45) is 8.65. The van der Waals surface area contributed by atoms with Gasteiger partial charge < -0.3 is 10.0 Å². The number of nitrogens with zero attached hydrogens (tertiary/aromatic N) is 1. The molecule has 1 N–H and O–H groups in total. The van der Waals surface area contributed by atoms with Crippen LogP contribution >= 0.6 is 0 Å². The Bertz CT molecular complexity index is 1130. The molecule has 0 radical (unpaired) electrons. The van der Waals surface area contributed by atoms with Gasteiger partial charge in [-0.15, -0.1) is 0 Å². The second kappa shape index (κ2) is 9.30. The molecule has 3 fully saturated rings. The summed E-state index contributed by atoms with van der Waals surface area (Å²) in [4.78, 5) is 14.6. The number of benzene rings is 1. The first-order chi connectivity index (χ1) is 17.3. The van der Waals surface area contributed by atoms with Gasteiger partial charge in [-0.1, -0.05) is 36.5 Å². The van der Waals surface area contributed by atoms with E-state index in [1.54, 1.807) is 0 Å². The van der Waals surface area contributed by atoms with Gasteiger partial charge in [0, 0.05) is 36.0 Å². The van der Waals surface area contributed by atoms with Crippen molar-refractivity contribution in [1.82, 2.24) is 0 Å². The van der Waals surface area contributed by atoms with Crippen molar-refractivity contribution in [2.45, 2.75) is 104 Å². The van der Waals surface area contributed by atoms with Crippen molar-refractivity contribution in [2.75, 3.05) is 11.9 Å². The molecule has 37 heavy (non-hydrogen) atoms. The third-order valence-electron chi connectivity index (χ3n) is 10.6. The SMILES string of the molecule is CC(C)N(C)c1ccc([C@H]2C[C@@]3(C)[C@@H](CC[C@@]3(O)C#CC(C)(C)C)C3CCC4=CC(=O)CC[C@@H]4[C@H]32)cc1. The topological polar surface area (TPSA) is 40.5 Å². The number of hydrogen-bond acceptors (Lipinski definition) is 3. The number of carbonyl (C=O) groups is 1. The molecule has 200 valence electrons. The Balaban J connectivity index is 1.57. The van der Waals surface area contributed by atoms with E-state index in [-0.39, 0.29) is 10.8 Å². The highest BCUT2D eigenvalue weighted by Gasteiger charge is 2.64. The van der Waals surface area contributed by atoms with Gasteiger partial charge in [-0.3, -0.25) is 4.79 Å². The molecule has 0 saturated heterocycles. The van der Waals surface area contributed by atoms with Crippen LogP contribution in [0.25, 0.3) is 0 Å². The van der Waals surface area contributed by atoms with Crippen molar-refractivity contribution < 1.29 is 9.90 Å². The van der Waals surface area contributed by atoms with Crippen LogP contribution in [-0.2, 0) is 4.79 Å². The summed E-state index contributed by atoms with van der Waals surface area (Å²) < 4.78 is 0. The zero-order valence-electron chi connectivity index (χ0n) is 24.1. The fraction of sp³-hybridized carbons (Fsp3) is 0.676. The number of ketones is 1. The molecule has 0 heterocycles. The molecular formula is C34H47NO2. The Morgan fingerprint density at radius 3 is 2.41 bits per heavy atom. The molecule has 5 rings (SSSR count). The molecule has 1 unspecified atom stereocenters. The standard InChI is InChI=1S/C34H47NO2/c1-22(2)35(7)25-11-8-23(9-12-25)29-21-33(6)30(16-17-34(33,37)19-18-32(3,4)5)28-14-10-24-20-26(36)13-15-27(24)31(28)29/h8-9,11-12,20,22,27-31,37H,10,13-17,21H2,1-7H3/t27-,28?,29+,30-,31+,33-,34+/m0/s1. The quantitative estimate of drug-likeness (QED) is 0.447. The van der Waals surface area contributed by atoms with E-state index < -0.39 is 5.60 Å². The maximum Gasteiger partial charge on any atom is 0.155 e. The average molecular weight is 502 g/mol. The van der Waals surface area contributed by atoms with Crippen molar-refractivity contribution in [1.29, 1.82) is 0 Å². The summed E-state index contributed by atoms with van der Waals surface area (Å²) in [5, 5.41) is 12.2. The number of fused-ring (bicyclic) bond motifs is 5. The van der Waals surface area contributed by atoms with E-state index in [9.17, 15) is 9.90 Å². The molecule has 0 spiro atoms. The van der Waals surface area contributed by atoms with Crippen molar-refractivity contribution in [3.05, 3.63) is 41.5 Å². The first kappa shape index (κ1) is 26.6. The number of carbonyl (C=O) groups excluding carboxylic acids is 1. The van der Waals surface area contributed by atoms with E-state index in [1.807, 2.05) is 6.08 Å². The number of anilines is 1. The van der Waals surface area contributed by atoms with Gasteiger partial charge in [0.05, 0.1) is 0 Å². The fourth-order valence-corrected chi connectivity index (χ4v) is 8.40. The van der Waals surface area contributed by atoms with Crippen LogP contribution in [0.5, 0.6) is 0 Å². The van der Waals surface area contributed by atoms with Gasteiger partial charge in [0.15, 0.2) is 5.78 Å². The van der Waals surface area contributed by atoms with Gasteiger partial charge in [-0.2, -0.15) is 0 Å². The van der Waals surface area contributed by atoms with Crippen LogP contribution in [0.4, 0.5) is 5.69 Å². The Morgan fingerprint density at radius 1 is 1.05 bits per heavy atom. The normalized spacial score (nSPS) is 37.2. The summed E-state index contributed by atoms with van der Waals surface area (Å²) in [6, 6.07) is 9.71. The van der Waals surface area contributed by atoms with Crippen LogP contribution in [0, 0.1) is 46.3 Å². The van der Waals surface area contributed by atoms with Gasteiger partial charge in [-0.05, 0) is 127 Å². The third-order valence-corrected chi connectivity index (χ3v) is 10.6. The second-order valence-electron chi connectivity index (χ2n) is 14.1. The highest BCUT2D eigenvalue weighted by molar-refractivity contribution is 5.91. The van der Waals surface area contributed by atoms with Crippen LogP contribution in [-0.4, -0.2) is 29.6 Å². The predicted octanol–water partition coefficient (Wildman–Crippen LogP) is 7.15. The smallest absolute Gasteiger partial charge is 0.155 e. The van der Waals surface area contributed by atoms with Crippen LogP contribution in [0.15, 0.2) is 35.9 Å². The van der Waals surface area contributed by atoms with Gasteiger partial charge in [-0.25, -0.2) is 0 Å². The van der Waals surface area contributed by atoms with E-state index >= 15 is 0 Å². The van der Waals surface area contributed by atoms with Gasteiger partial charge in [0.2, 0.25) is 0 Å². The molecule has 1 aromatic rings. The molecule has 3 heteroatoms. The number of rotatable bonds is 3. The molecule has 0 amide bonds. The average Bonchev–Trinajstić information content (AvgIpc) is 3.11. The van der Waals surface area contributed by atoms with E-state index in [2.05, 4.69) is 89.6 Å². The molecule has 4 aliphatic carbocycles. The van der Waals surface area contributed by atoms with E-state index in [4.69, 9.17) is 0 Å². The Hall–Kier alpha value is -2.05. The highest BCUT2D eigenvalue weighted by Crippen LogP contribution is 2.68. The first-order valence-corrected chi connectivity index (χ1v) is 14.7. The van der Waals surface area contributed by atoms with E-state index in [1.165, 1.54) is 16.8 Å². The van der Waals surface area contributed by atoms with E-state index in [0.717, 1.165) is 38.5 Å². The van der Waals surface area contributed by atoms with Gasteiger partial charge >= 0.3 is 0 Å². The number of hydrogen-bond donors (Lipinski definition) is 1. The Morgan fingerprint density at radius 2 is 1.76 bits per heavy atom. The Labute approximate surface area is 225 Å². The molecule has 4 aliphatic rings.